The molecule has 0 aliphatic carbocycles. The number of ether oxygens (including phenoxy) is 6. The Morgan fingerprint density at radius 3 is 1.60 bits per heavy atom. The zero-order valence-corrected chi connectivity index (χ0v) is 36.1. The first-order valence-electron chi connectivity index (χ1n) is 20.0. The standard InChI is InChI=1S/C38H40O12.4C2H6/c1-45-27-7-5-20(11-22(27)16-40)36-26(43)14-25-29(47-3)13-24(18-42)32(38(25)50-36)34-33-30(48-4)9-19(15-39)10-31(33)49-37(35(34)44)21-6-8-28(46-2)23(12-21)17-41;4*1-2/h5-13,26,34,36-37,39-43H,14-18H2,1-4H3;4*1-2H3/t26-,34?,36+,37+;;;;/m0..../s1. The highest BCUT2D eigenvalue weighted by atomic mass is 16.5. The van der Waals surface area contributed by atoms with Gasteiger partial charge in [0.25, 0.3) is 0 Å². The number of hydrogen-bond acceptors (Lipinski definition) is 12. The van der Waals surface area contributed by atoms with E-state index in [9.17, 15) is 30.3 Å². The number of carbonyl (C=O) groups is 1. The molecule has 0 amide bonds. The highest BCUT2D eigenvalue weighted by molar-refractivity contribution is 5.98. The monoisotopic (exact) mass is 808 g/mol. The molecule has 2 aliphatic rings. The van der Waals surface area contributed by atoms with Crippen LogP contribution in [0.15, 0.2) is 54.6 Å². The van der Waals surface area contributed by atoms with E-state index in [1.165, 1.54) is 28.4 Å². The number of methoxy groups -OCH3 is 4. The van der Waals surface area contributed by atoms with E-state index < -0.39 is 36.6 Å². The van der Waals surface area contributed by atoms with Crippen molar-refractivity contribution in [3.63, 3.8) is 0 Å². The number of rotatable bonds is 11. The van der Waals surface area contributed by atoms with E-state index in [4.69, 9.17) is 28.4 Å². The molecule has 0 spiro atoms. The maximum absolute atomic E-state index is 15.0. The molecule has 320 valence electrons. The molecule has 4 atom stereocenters. The van der Waals surface area contributed by atoms with E-state index in [0.29, 0.717) is 67.3 Å². The summed E-state index contributed by atoms with van der Waals surface area (Å²) in [6.07, 6.45) is -3.10. The van der Waals surface area contributed by atoms with Crippen LogP contribution < -0.4 is 28.4 Å². The fourth-order valence-corrected chi connectivity index (χ4v) is 6.99. The third kappa shape index (κ3) is 10.0. The summed E-state index contributed by atoms with van der Waals surface area (Å²) in [7, 11) is 5.90. The summed E-state index contributed by atoms with van der Waals surface area (Å²) in [5.74, 6) is 0.514. The first-order chi connectivity index (χ1) is 28.2. The van der Waals surface area contributed by atoms with Crippen molar-refractivity contribution in [3.8, 4) is 34.5 Å². The van der Waals surface area contributed by atoms with Gasteiger partial charge in [-0.25, -0.2) is 0 Å². The second-order valence-corrected chi connectivity index (χ2v) is 12.1. The predicted molar refractivity (Wildman–Crippen MR) is 224 cm³/mol. The molecule has 58 heavy (non-hydrogen) atoms. The summed E-state index contributed by atoms with van der Waals surface area (Å²) in [6.45, 7) is 14.5. The second kappa shape index (κ2) is 24.2. The zero-order valence-electron chi connectivity index (χ0n) is 36.1. The molecule has 0 aromatic heterocycles. The van der Waals surface area contributed by atoms with Gasteiger partial charge in [-0.15, -0.1) is 0 Å². The SMILES string of the molecule is CC.CC.CC.CC.COc1ccc([C@H]2Oc3c(c(OC)cc(CO)c3C3C(=O)[C@@H](c4ccc(OC)c(CO)c4)Oc4cc(CO)cc(OC)c43)C[C@@H]2O)cc1CO. The van der Waals surface area contributed by atoms with Gasteiger partial charge in [0.1, 0.15) is 40.6 Å². The average Bonchev–Trinajstić information content (AvgIpc) is 3.30. The van der Waals surface area contributed by atoms with E-state index in [2.05, 4.69) is 0 Å². The lowest BCUT2D eigenvalue weighted by molar-refractivity contribution is -0.128. The van der Waals surface area contributed by atoms with Crippen LogP contribution in [0.4, 0.5) is 0 Å². The van der Waals surface area contributed by atoms with Crippen LogP contribution in [0.1, 0.15) is 124 Å². The predicted octanol–water partition coefficient (Wildman–Crippen LogP) is 7.67. The molecule has 2 aliphatic heterocycles. The molecular formula is C46H64O12. The Labute approximate surface area is 343 Å². The van der Waals surface area contributed by atoms with Crippen molar-refractivity contribution in [1.82, 2.24) is 0 Å². The Morgan fingerprint density at radius 1 is 0.586 bits per heavy atom. The van der Waals surface area contributed by atoms with Gasteiger partial charge in [0.05, 0.1) is 72.5 Å². The molecule has 12 nitrogen and oxygen atoms in total. The number of ketones is 1. The molecular weight excluding hydrogens is 744 g/mol. The van der Waals surface area contributed by atoms with Crippen molar-refractivity contribution in [1.29, 1.82) is 0 Å². The van der Waals surface area contributed by atoms with Crippen LogP contribution in [0.2, 0.25) is 0 Å². The zero-order chi connectivity index (χ0) is 43.7. The number of aliphatic hydroxyl groups is 5. The van der Waals surface area contributed by atoms with Crippen LogP contribution in [0, 0.1) is 0 Å². The minimum Gasteiger partial charge on any atom is -0.496 e. The van der Waals surface area contributed by atoms with Gasteiger partial charge >= 0.3 is 0 Å². The molecule has 1 unspecified atom stereocenters. The minimum atomic E-state index is -1.19. The van der Waals surface area contributed by atoms with Crippen LogP contribution in [-0.2, 0) is 37.6 Å². The maximum Gasteiger partial charge on any atom is 0.190 e. The maximum atomic E-state index is 15.0. The highest BCUT2D eigenvalue weighted by Gasteiger charge is 2.46. The summed E-state index contributed by atoms with van der Waals surface area (Å²) >= 11 is 0. The van der Waals surface area contributed by atoms with Crippen molar-refractivity contribution in [2.45, 2.75) is 112 Å². The van der Waals surface area contributed by atoms with Crippen molar-refractivity contribution in [2.75, 3.05) is 28.4 Å². The molecule has 6 rings (SSSR count). The quantitative estimate of drug-likeness (QED) is 0.100. The Kier molecular flexibility index (Phi) is 20.5. The molecule has 5 N–H and O–H groups in total. The molecule has 2 heterocycles. The van der Waals surface area contributed by atoms with Crippen LogP contribution in [-0.4, -0.2) is 65.9 Å². The largest absolute Gasteiger partial charge is 0.496 e. The first kappa shape index (κ1) is 49.3. The van der Waals surface area contributed by atoms with Crippen molar-refractivity contribution < 1.29 is 58.7 Å². The Hall–Kier alpha value is -4.85. The van der Waals surface area contributed by atoms with E-state index in [1.807, 2.05) is 55.4 Å². The normalized spacial score (nSPS) is 17.2. The lowest BCUT2D eigenvalue weighted by atomic mass is 9.76. The summed E-state index contributed by atoms with van der Waals surface area (Å²) in [4.78, 5) is 15.0. The number of Topliss-reactive ketones (excluding diaryl/α,β-unsaturated/α-hetero) is 1. The number of fused-ring (bicyclic) bond motifs is 2. The van der Waals surface area contributed by atoms with Gasteiger partial charge in [-0.3, -0.25) is 4.79 Å². The third-order valence-corrected chi connectivity index (χ3v) is 9.38. The van der Waals surface area contributed by atoms with Crippen molar-refractivity contribution >= 4 is 5.78 Å². The second-order valence-electron chi connectivity index (χ2n) is 12.1. The van der Waals surface area contributed by atoms with Gasteiger partial charge in [0, 0.05) is 34.2 Å². The Morgan fingerprint density at radius 2 is 1.10 bits per heavy atom. The summed E-state index contributed by atoms with van der Waals surface area (Å²) in [6, 6.07) is 15.0. The highest BCUT2D eigenvalue weighted by Crippen LogP contribution is 2.54. The van der Waals surface area contributed by atoms with Crippen LogP contribution >= 0.6 is 0 Å². The first-order valence-corrected chi connectivity index (χ1v) is 20.0. The lowest BCUT2D eigenvalue weighted by Crippen LogP contribution is -2.35. The topological polar surface area (TPSA) is 174 Å². The van der Waals surface area contributed by atoms with Crippen molar-refractivity contribution in [3.05, 3.63) is 105 Å². The third-order valence-electron chi connectivity index (χ3n) is 9.38. The molecule has 0 bridgehead atoms. The number of aliphatic hydroxyl groups excluding tert-OH is 5. The summed E-state index contributed by atoms with van der Waals surface area (Å²) < 4.78 is 35.3. The number of hydrogen-bond donors (Lipinski definition) is 5. The lowest BCUT2D eigenvalue weighted by Gasteiger charge is -2.38. The molecule has 4 aromatic rings. The van der Waals surface area contributed by atoms with Gasteiger partial charge in [-0.2, -0.15) is 0 Å². The van der Waals surface area contributed by atoms with Crippen LogP contribution in [0.5, 0.6) is 34.5 Å². The van der Waals surface area contributed by atoms with Gasteiger partial charge < -0.3 is 54.0 Å². The summed E-state index contributed by atoms with van der Waals surface area (Å²) in [5.41, 5.74) is 3.96. The molecule has 0 radical (unpaired) electrons. The van der Waals surface area contributed by atoms with Gasteiger partial charge in [0.2, 0.25) is 0 Å². The average molecular weight is 809 g/mol. The molecule has 12 heteroatoms. The fraction of sp³-hybridized carbons (Fsp3) is 0.457. The van der Waals surface area contributed by atoms with E-state index >= 15 is 0 Å². The minimum absolute atomic E-state index is 0.0784. The number of carbonyl (C=O) groups excluding carboxylic acids is 1. The Balaban J connectivity index is 0.00000137. The van der Waals surface area contributed by atoms with Gasteiger partial charge in [0.15, 0.2) is 11.9 Å². The van der Waals surface area contributed by atoms with Gasteiger partial charge in [-0.05, 0) is 59.2 Å². The summed E-state index contributed by atoms with van der Waals surface area (Å²) in [5, 5.41) is 52.5. The van der Waals surface area contributed by atoms with E-state index in [0.717, 1.165) is 0 Å². The molecule has 0 saturated heterocycles. The van der Waals surface area contributed by atoms with Crippen molar-refractivity contribution in [2.24, 2.45) is 0 Å². The van der Waals surface area contributed by atoms with Gasteiger partial charge in [-0.1, -0.05) is 67.5 Å². The van der Waals surface area contributed by atoms with E-state index in [1.54, 1.807) is 54.6 Å². The fourth-order valence-electron chi connectivity index (χ4n) is 6.99. The molecule has 0 saturated carbocycles. The van der Waals surface area contributed by atoms with E-state index in [-0.39, 0.29) is 43.5 Å². The Bertz CT molecular complexity index is 1910. The number of benzene rings is 4. The molecule has 0 fully saturated rings. The van der Waals surface area contributed by atoms with Crippen LogP contribution in [0.25, 0.3) is 0 Å². The molecule has 4 aromatic carbocycles. The smallest absolute Gasteiger partial charge is 0.190 e. The van der Waals surface area contributed by atoms with Crippen LogP contribution in [0.3, 0.4) is 0 Å².